The molecular formula is C16H18FNO. The zero-order chi connectivity index (χ0) is 13.8. The lowest BCUT2D eigenvalue weighted by atomic mass is 9.97. The van der Waals surface area contributed by atoms with Crippen molar-refractivity contribution >= 4 is 0 Å². The molecule has 3 heteroatoms. The average molecular weight is 259 g/mol. The van der Waals surface area contributed by atoms with Crippen LogP contribution in [0.4, 0.5) is 4.39 Å². The van der Waals surface area contributed by atoms with Gasteiger partial charge in [0, 0.05) is 18.2 Å². The summed E-state index contributed by atoms with van der Waals surface area (Å²) in [6.45, 7) is 2.76. The predicted octanol–water partition coefficient (Wildman–Crippen LogP) is 3.53. The van der Waals surface area contributed by atoms with Crippen LogP contribution in [0.3, 0.4) is 0 Å². The lowest BCUT2D eigenvalue weighted by Crippen LogP contribution is -2.05. The third-order valence-electron chi connectivity index (χ3n) is 3.15. The van der Waals surface area contributed by atoms with Crippen molar-refractivity contribution in [3.05, 3.63) is 53.3 Å². The number of ether oxygens (including phenoxy) is 1. The van der Waals surface area contributed by atoms with Gasteiger partial charge < -0.3 is 10.1 Å². The van der Waals surface area contributed by atoms with Gasteiger partial charge in [-0.05, 0) is 48.9 Å². The Kier molecular flexibility index (Phi) is 4.17. The van der Waals surface area contributed by atoms with Crippen molar-refractivity contribution in [2.75, 3.05) is 14.2 Å². The summed E-state index contributed by atoms with van der Waals surface area (Å²) in [5.74, 6) is 0.273. The lowest BCUT2D eigenvalue weighted by Gasteiger charge is -2.11. The molecule has 0 bridgehead atoms. The van der Waals surface area contributed by atoms with Gasteiger partial charge in [-0.1, -0.05) is 12.1 Å². The molecule has 100 valence electrons. The summed E-state index contributed by atoms with van der Waals surface area (Å²) in [4.78, 5) is 0. The molecule has 2 nitrogen and oxygen atoms in total. The Morgan fingerprint density at radius 1 is 1.11 bits per heavy atom. The number of methoxy groups -OCH3 is 1. The molecular weight excluding hydrogens is 241 g/mol. The predicted molar refractivity (Wildman–Crippen MR) is 75.9 cm³/mol. The second-order valence-electron chi connectivity index (χ2n) is 4.53. The molecule has 0 saturated carbocycles. The number of nitrogens with one attached hydrogen (secondary N) is 1. The minimum absolute atomic E-state index is 0.260. The molecule has 0 aliphatic heterocycles. The first-order valence-corrected chi connectivity index (χ1v) is 6.23. The second kappa shape index (κ2) is 5.85. The van der Waals surface area contributed by atoms with Gasteiger partial charge in [0.05, 0.1) is 7.11 Å². The largest absolute Gasteiger partial charge is 0.497 e. The molecule has 0 aliphatic rings. The molecule has 0 unspecified atom stereocenters. The molecule has 2 aromatic carbocycles. The van der Waals surface area contributed by atoms with Gasteiger partial charge in [0.2, 0.25) is 0 Å². The zero-order valence-electron chi connectivity index (χ0n) is 11.5. The molecule has 1 N–H and O–H groups in total. The number of benzene rings is 2. The Bertz CT molecular complexity index is 581. The molecule has 0 amide bonds. The van der Waals surface area contributed by atoms with Gasteiger partial charge in [-0.3, -0.25) is 0 Å². The summed E-state index contributed by atoms with van der Waals surface area (Å²) in [5, 5.41) is 3.10. The fourth-order valence-corrected chi connectivity index (χ4v) is 2.11. The van der Waals surface area contributed by atoms with Crippen molar-refractivity contribution in [2.24, 2.45) is 0 Å². The topological polar surface area (TPSA) is 21.3 Å². The molecule has 0 atom stereocenters. The fraction of sp³-hybridized carbons (Fsp3) is 0.250. The van der Waals surface area contributed by atoms with Gasteiger partial charge in [-0.25, -0.2) is 4.39 Å². The first kappa shape index (κ1) is 13.6. The summed E-state index contributed by atoms with van der Waals surface area (Å²) in [7, 11) is 3.43. The van der Waals surface area contributed by atoms with E-state index < -0.39 is 0 Å². The standard InChI is InChI=1S/C16H18FNO/c1-11-4-5-12(10-18-2)8-15(11)14-7-6-13(19-3)9-16(14)17/h4-9,18H,10H2,1-3H3. The molecule has 2 rings (SSSR count). The van der Waals surface area contributed by atoms with Gasteiger partial charge in [0.1, 0.15) is 11.6 Å². The van der Waals surface area contributed by atoms with E-state index in [1.54, 1.807) is 12.1 Å². The Morgan fingerprint density at radius 3 is 2.53 bits per heavy atom. The summed E-state index contributed by atoms with van der Waals surface area (Å²) in [6, 6.07) is 11.1. The number of hydrogen-bond donors (Lipinski definition) is 1. The van der Waals surface area contributed by atoms with E-state index in [1.807, 2.05) is 26.1 Å². The van der Waals surface area contributed by atoms with Gasteiger partial charge >= 0.3 is 0 Å². The van der Waals surface area contributed by atoms with Crippen LogP contribution in [0.15, 0.2) is 36.4 Å². The second-order valence-corrected chi connectivity index (χ2v) is 4.53. The van der Waals surface area contributed by atoms with Gasteiger partial charge in [0.25, 0.3) is 0 Å². The van der Waals surface area contributed by atoms with Crippen LogP contribution in [0.5, 0.6) is 5.75 Å². The van der Waals surface area contributed by atoms with Crippen LogP contribution in [0.2, 0.25) is 0 Å². The molecule has 0 spiro atoms. The quantitative estimate of drug-likeness (QED) is 0.907. The van der Waals surface area contributed by atoms with E-state index in [2.05, 4.69) is 11.4 Å². The molecule has 19 heavy (non-hydrogen) atoms. The van der Waals surface area contributed by atoms with Gasteiger partial charge in [0.15, 0.2) is 0 Å². The first-order chi connectivity index (χ1) is 9.15. The van der Waals surface area contributed by atoms with Crippen LogP contribution in [0, 0.1) is 12.7 Å². The van der Waals surface area contributed by atoms with Gasteiger partial charge in [-0.2, -0.15) is 0 Å². The number of rotatable bonds is 4. The van der Waals surface area contributed by atoms with Crippen molar-refractivity contribution in [2.45, 2.75) is 13.5 Å². The van der Waals surface area contributed by atoms with E-state index >= 15 is 0 Å². The summed E-state index contributed by atoms with van der Waals surface area (Å²) < 4.78 is 19.2. The summed E-state index contributed by atoms with van der Waals surface area (Å²) in [6.07, 6.45) is 0. The third kappa shape index (κ3) is 2.93. The minimum Gasteiger partial charge on any atom is -0.497 e. The van der Waals surface area contributed by atoms with Crippen molar-refractivity contribution in [3.63, 3.8) is 0 Å². The average Bonchev–Trinajstić information content (AvgIpc) is 2.41. The number of aryl methyl sites for hydroxylation is 1. The van der Waals surface area contributed by atoms with E-state index in [0.717, 1.165) is 23.2 Å². The first-order valence-electron chi connectivity index (χ1n) is 6.23. The third-order valence-corrected chi connectivity index (χ3v) is 3.15. The monoisotopic (exact) mass is 259 g/mol. The number of halogens is 1. The van der Waals surface area contributed by atoms with Crippen LogP contribution >= 0.6 is 0 Å². The normalized spacial score (nSPS) is 10.5. The van der Waals surface area contributed by atoms with E-state index in [4.69, 9.17) is 4.74 Å². The zero-order valence-corrected chi connectivity index (χ0v) is 11.5. The maximum absolute atomic E-state index is 14.1. The van der Waals surface area contributed by atoms with Crippen molar-refractivity contribution in [1.29, 1.82) is 0 Å². The Hall–Kier alpha value is -1.87. The van der Waals surface area contributed by atoms with Crippen LogP contribution in [-0.2, 0) is 6.54 Å². The smallest absolute Gasteiger partial charge is 0.134 e. The van der Waals surface area contributed by atoms with Crippen LogP contribution in [0.25, 0.3) is 11.1 Å². The highest BCUT2D eigenvalue weighted by molar-refractivity contribution is 5.69. The van der Waals surface area contributed by atoms with Crippen LogP contribution < -0.4 is 10.1 Å². The minimum atomic E-state index is -0.260. The van der Waals surface area contributed by atoms with Crippen LogP contribution in [0.1, 0.15) is 11.1 Å². The molecule has 0 saturated heterocycles. The van der Waals surface area contributed by atoms with E-state index in [0.29, 0.717) is 11.3 Å². The van der Waals surface area contributed by atoms with E-state index in [9.17, 15) is 4.39 Å². The molecule has 0 heterocycles. The van der Waals surface area contributed by atoms with Crippen molar-refractivity contribution in [1.82, 2.24) is 5.32 Å². The Balaban J connectivity index is 2.48. The molecule has 0 aliphatic carbocycles. The molecule has 2 aromatic rings. The highest BCUT2D eigenvalue weighted by atomic mass is 19.1. The van der Waals surface area contributed by atoms with Crippen molar-refractivity contribution < 1.29 is 9.13 Å². The van der Waals surface area contributed by atoms with E-state index in [-0.39, 0.29) is 5.82 Å². The summed E-state index contributed by atoms with van der Waals surface area (Å²) >= 11 is 0. The molecule has 0 fully saturated rings. The SMILES string of the molecule is CNCc1ccc(C)c(-c2ccc(OC)cc2F)c1. The summed E-state index contributed by atoms with van der Waals surface area (Å²) in [5.41, 5.74) is 3.73. The number of hydrogen-bond acceptors (Lipinski definition) is 2. The Labute approximate surface area is 113 Å². The Morgan fingerprint density at radius 2 is 1.89 bits per heavy atom. The highest BCUT2D eigenvalue weighted by Crippen LogP contribution is 2.29. The lowest BCUT2D eigenvalue weighted by molar-refractivity contribution is 0.411. The molecule has 0 radical (unpaired) electrons. The maximum atomic E-state index is 14.1. The van der Waals surface area contributed by atoms with Crippen molar-refractivity contribution in [3.8, 4) is 16.9 Å². The highest BCUT2D eigenvalue weighted by Gasteiger charge is 2.09. The van der Waals surface area contributed by atoms with E-state index in [1.165, 1.54) is 13.2 Å². The fourth-order valence-electron chi connectivity index (χ4n) is 2.11. The molecule has 0 aromatic heterocycles. The maximum Gasteiger partial charge on any atom is 0.134 e. The van der Waals surface area contributed by atoms with Crippen LogP contribution in [-0.4, -0.2) is 14.2 Å². The van der Waals surface area contributed by atoms with Gasteiger partial charge in [-0.15, -0.1) is 0 Å².